The van der Waals surface area contributed by atoms with Crippen molar-refractivity contribution >= 4 is 5.91 Å². The number of hydroxylamine groups is 1. The Morgan fingerprint density at radius 2 is 2.40 bits per heavy atom. The van der Waals surface area contributed by atoms with E-state index in [9.17, 15) is 9.18 Å². The third kappa shape index (κ3) is 1.92. The van der Waals surface area contributed by atoms with E-state index in [1.54, 1.807) is 0 Å². The lowest BCUT2D eigenvalue weighted by atomic mass is 10.0. The van der Waals surface area contributed by atoms with Gasteiger partial charge < -0.3 is 4.74 Å². The molecule has 0 fully saturated rings. The Morgan fingerprint density at radius 3 is 3.13 bits per heavy atom. The van der Waals surface area contributed by atoms with Gasteiger partial charge in [0.25, 0.3) is 5.91 Å². The first kappa shape index (κ1) is 9.92. The summed E-state index contributed by atoms with van der Waals surface area (Å²) in [4.78, 5) is 11.1. The largest absolute Gasteiger partial charge is 0.480 e. The average Bonchev–Trinajstić information content (AvgIpc) is 2.27. The van der Waals surface area contributed by atoms with E-state index in [-0.39, 0.29) is 5.82 Å². The zero-order chi connectivity index (χ0) is 10.8. The Balaban J connectivity index is 2.20. The van der Waals surface area contributed by atoms with Gasteiger partial charge in [0.2, 0.25) is 0 Å². The number of amides is 1. The van der Waals surface area contributed by atoms with Crippen molar-refractivity contribution in [3.8, 4) is 5.75 Å². The van der Waals surface area contributed by atoms with Crippen molar-refractivity contribution in [2.24, 2.45) is 0 Å². The zero-order valence-corrected chi connectivity index (χ0v) is 7.87. The molecule has 1 atom stereocenters. The molecule has 0 saturated carbocycles. The van der Waals surface area contributed by atoms with Gasteiger partial charge in [0, 0.05) is 0 Å². The first-order valence-electron chi connectivity index (χ1n) is 4.60. The van der Waals surface area contributed by atoms with Crippen molar-refractivity contribution in [2.75, 3.05) is 0 Å². The maximum absolute atomic E-state index is 12.8. The lowest BCUT2D eigenvalue weighted by molar-refractivity contribution is -0.137. The predicted molar refractivity (Wildman–Crippen MR) is 49.1 cm³/mol. The summed E-state index contributed by atoms with van der Waals surface area (Å²) in [7, 11) is 0. The van der Waals surface area contributed by atoms with Crippen LogP contribution in [0.1, 0.15) is 12.0 Å². The Morgan fingerprint density at radius 1 is 1.60 bits per heavy atom. The van der Waals surface area contributed by atoms with Crippen LogP contribution in [0.25, 0.3) is 0 Å². The molecule has 0 saturated heterocycles. The van der Waals surface area contributed by atoms with Crippen LogP contribution < -0.4 is 10.2 Å². The molecule has 0 bridgehead atoms. The predicted octanol–water partition coefficient (Wildman–Crippen LogP) is 1.02. The lowest BCUT2D eigenvalue weighted by Crippen LogP contribution is -2.38. The zero-order valence-electron chi connectivity index (χ0n) is 7.87. The van der Waals surface area contributed by atoms with Crippen LogP contribution in [0.3, 0.4) is 0 Å². The van der Waals surface area contributed by atoms with Crippen LogP contribution in [0.4, 0.5) is 4.39 Å². The Labute approximate surface area is 85.6 Å². The fourth-order valence-electron chi connectivity index (χ4n) is 1.61. The topological polar surface area (TPSA) is 58.6 Å². The summed E-state index contributed by atoms with van der Waals surface area (Å²) in [6.45, 7) is 0. The maximum atomic E-state index is 12.8. The standard InChI is InChI=1S/C10H10FNO3/c11-7-2-4-8-6(5-7)1-3-9(15-8)10(13)12-14/h2,4-5,9,14H,1,3H2,(H,12,13)/t9-/m1/s1. The van der Waals surface area contributed by atoms with Gasteiger partial charge in [-0.15, -0.1) is 0 Å². The Hall–Kier alpha value is -1.62. The molecule has 1 aliphatic heterocycles. The van der Waals surface area contributed by atoms with Gasteiger partial charge in [0.05, 0.1) is 0 Å². The normalized spacial score (nSPS) is 18.9. The van der Waals surface area contributed by atoms with Crippen LogP contribution in [-0.2, 0) is 11.2 Å². The summed E-state index contributed by atoms with van der Waals surface area (Å²) in [5.41, 5.74) is 2.29. The summed E-state index contributed by atoms with van der Waals surface area (Å²) < 4.78 is 18.1. The van der Waals surface area contributed by atoms with E-state index in [4.69, 9.17) is 9.94 Å². The molecule has 1 aromatic rings. The quantitative estimate of drug-likeness (QED) is 0.538. The number of nitrogens with one attached hydrogen (secondary N) is 1. The molecule has 1 amide bonds. The van der Waals surface area contributed by atoms with Gasteiger partial charge in [-0.2, -0.15) is 0 Å². The van der Waals surface area contributed by atoms with Gasteiger partial charge in [-0.3, -0.25) is 10.0 Å². The van der Waals surface area contributed by atoms with E-state index in [2.05, 4.69) is 0 Å². The summed E-state index contributed by atoms with van der Waals surface area (Å²) in [5, 5.41) is 8.44. The van der Waals surface area contributed by atoms with Crippen LogP contribution in [0, 0.1) is 5.82 Å². The summed E-state index contributed by atoms with van der Waals surface area (Å²) >= 11 is 0. The molecule has 5 heteroatoms. The number of hydrogen-bond donors (Lipinski definition) is 2. The summed E-state index contributed by atoms with van der Waals surface area (Å²) in [6, 6.07) is 4.15. The first-order valence-corrected chi connectivity index (χ1v) is 4.60. The second-order valence-corrected chi connectivity index (χ2v) is 3.37. The highest BCUT2D eigenvalue weighted by Crippen LogP contribution is 2.28. The van der Waals surface area contributed by atoms with E-state index < -0.39 is 12.0 Å². The SMILES string of the molecule is O=C(NO)[C@H]1CCc2cc(F)ccc2O1. The molecule has 1 aromatic carbocycles. The van der Waals surface area contributed by atoms with E-state index >= 15 is 0 Å². The van der Waals surface area contributed by atoms with E-state index in [1.807, 2.05) is 0 Å². The number of carbonyl (C=O) groups excluding carboxylic acids is 1. The fourth-order valence-corrected chi connectivity index (χ4v) is 1.61. The number of hydrogen-bond acceptors (Lipinski definition) is 3. The molecular formula is C10H10FNO3. The van der Waals surface area contributed by atoms with Crippen molar-refractivity contribution in [2.45, 2.75) is 18.9 Å². The molecule has 1 heterocycles. The molecule has 0 aromatic heterocycles. The van der Waals surface area contributed by atoms with Crippen LogP contribution in [0.2, 0.25) is 0 Å². The molecule has 2 rings (SSSR count). The second-order valence-electron chi connectivity index (χ2n) is 3.37. The van der Waals surface area contributed by atoms with E-state index in [1.165, 1.54) is 23.7 Å². The molecule has 1 aliphatic rings. The second kappa shape index (κ2) is 3.86. The van der Waals surface area contributed by atoms with Gasteiger partial charge in [0.15, 0.2) is 6.10 Å². The molecule has 2 N–H and O–H groups in total. The number of ether oxygens (including phenoxy) is 1. The monoisotopic (exact) mass is 211 g/mol. The number of aryl methyl sites for hydroxylation is 1. The highest BCUT2D eigenvalue weighted by Gasteiger charge is 2.25. The van der Waals surface area contributed by atoms with Crippen LogP contribution in [0.5, 0.6) is 5.75 Å². The van der Waals surface area contributed by atoms with Crippen LogP contribution in [-0.4, -0.2) is 17.2 Å². The Bertz CT molecular complexity index is 394. The number of carbonyl (C=O) groups is 1. The fraction of sp³-hybridized carbons (Fsp3) is 0.300. The van der Waals surface area contributed by atoms with Crippen LogP contribution in [0.15, 0.2) is 18.2 Å². The van der Waals surface area contributed by atoms with E-state index in [0.29, 0.717) is 18.6 Å². The molecule has 4 nitrogen and oxygen atoms in total. The molecule has 0 unspecified atom stereocenters. The van der Waals surface area contributed by atoms with Gasteiger partial charge in [0.1, 0.15) is 11.6 Å². The molecule has 0 radical (unpaired) electrons. The van der Waals surface area contributed by atoms with Crippen molar-refractivity contribution in [1.82, 2.24) is 5.48 Å². The highest BCUT2D eigenvalue weighted by molar-refractivity contribution is 5.80. The lowest BCUT2D eigenvalue weighted by Gasteiger charge is -2.24. The van der Waals surface area contributed by atoms with Gasteiger partial charge >= 0.3 is 0 Å². The number of benzene rings is 1. The van der Waals surface area contributed by atoms with Crippen molar-refractivity contribution in [3.63, 3.8) is 0 Å². The minimum atomic E-state index is -0.701. The molecular weight excluding hydrogens is 201 g/mol. The minimum absolute atomic E-state index is 0.317. The molecule has 15 heavy (non-hydrogen) atoms. The van der Waals surface area contributed by atoms with E-state index in [0.717, 1.165) is 5.56 Å². The van der Waals surface area contributed by atoms with Gasteiger partial charge in [-0.05, 0) is 36.6 Å². The number of fused-ring (bicyclic) bond motifs is 1. The third-order valence-corrected chi connectivity index (χ3v) is 2.37. The van der Waals surface area contributed by atoms with Crippen LogP contribution >= 0.6 is 0 Å². The Kier molecular flexibility index (Phi) is 2.55. The van der Waals surface area contributed by atoms with Gasteiger partial charge in [-0.1, -0.05) is 0 Å². The molecule has 80 valence electrons. The minimum Gasteiger partial charge on any atom is -0.480 e. The maximum Gasteiger partial charge on any atom is 0.284 e. The van der Waals surface area contributed by atoms with Crippen molar-refractivity contribution in [1.29, 1.82) is 0 Å². The first-order chi connectivity index (χ1) is 7.20. The van der Waals surface area contributed by atoms with Gasteiger partial charge in [-0.25, -0.2) is 9.87 Å². The van der Waals surface area contributed by atoms with Crippen molar-refractivity contribution in [3.05, 3.63) is 29.6 Å². The average molecular weight is 211 g/mol. The number of rotatable bonds is 1. The molecule has 0 aliphatic carbocycles. The smallest absolute Gasteiger partial charge is 0.284 e. The summed E-state index contributed by atoms with van der Waals surface area (Å²) in [5.74, 6) is -0.399. The number of halogens is 1. The summed E-state index contributed by atoms with van der Waals surface area (Å²) in [6.07, 6.45) is 0.293. The highest BCUT2D eigenvalue weighted by atomic mass is 19.1. The third-order valence-electron chi connectivity index (χ3n) is 2.37. The van der Waals surface area contributed by atoms with Crippen molar-refractivity contribution < 1.29 is 19.1 Å². The molecule has 0 spiro atoms.